The van der Waals surface area contributed by atoms with Crippen molar-refractivity contribution in [2.24, 2.45) is 11.8 Å². The third kappa shape index (κ3) is 11.9. The molecule has 1 aromatic carbocycles. The number of amides is 2. The van der Waals surface area contributed by atoms with Crippen molar-refractivity contribution in [2.75, 3.05) is 45.2 Å². The molecule has 8 nitrogen and oxygen atoms in total. The summed E-state index contributed by atoms with van der Waals surface area (Å²) in [5, 5.41) is 12.6. The number of benzene rings is 1. The summed E-state index contributed by atoms with van der Waals surface area (Å²) in [4.78, 5) is 30.4. The second-order valence-electron chi connectivity index (χ2n) is 12.9. The Kier molecular flexibility index (Phi) is 14.2. The van der Waals surface area contributed by atoms with Gasteiger partial charge in [-0.3, -0.25) is 9.59 Å². The molecule has 0 saturated heterocycles. The van der Waals surface area contributed by atoms with Crippen LogP contribution in [0.15, 0.2) is 18.2 Å². The Morgan fingerprint density at radius 2 is 1.82 bits per heavy atom. The highest BCUT2D eigenvalue weighted by Gasteiger charge is 2.31. The number of nitrogens with zero attached hydrogens (tertiary/aromatic N) is 2. The normalized spacial score (nSPS) is 23.9. The van der Waals surface area contributed by atoms with Crippen LogP contribution in [-0.2, 0) is 9.53 Å². The van der Waals surface area contributed by atoms with Gasteiger partial charge in [0.05, 0.1) is 36.8 Å². The Bertz CT molecular complexity index is 1050. The van der Waals surface area contributed by atoms with Gasteiger partial charge in [0.1, 0.15) is 5.75 Å². The Morgan fingerprint density at radius 1 is 1.11 bits per heavy atom. The van der Waals surface area contributed by atoms with Crippen LogP contribution >= 0.6 is 0 Å². The maximum absolute atomic E-state index is 14.2. The number of nitrogens with one attached hydrogen (secondary N) is 1. The number of carbonyl (C=O) groups excluding carboxylic acids is 2. The van der Waals surface area contributed by atoms with Crippen molar-refractivity contribution in [3.63, 3.8) is 0 Å². The molecule has 2 aliphatic rings. The highest BCUT2D eigenvalue weighted by molar-refractivity contribution is 5.99. The molecule has 1 aliphatic heterocycles. The second-order valence-corrected chi connectivity index (χ2v) is 12.9. The summed E-state index contributed by atoms with van der Waals surface area (Å²) in [6.45, 7) is 8.17. The Labute approximate surface area is 260 Å². The quantitative estimate of drug-likeness (QED) is 0.335. The summed E-state index contributed by atoms with van der Waals surface area (Å²) < 4.78 is 50.6. The maximum atomic E-state index is 14.2. The van der Waals surface area contributed by atoms with Crippen LogP contribution in [0.1, 0.15) is 95.3 Å². The Morgan fingerprint density at radius 3 is 2.50 bits per heavy atom. The number of aliphatic hydroxyl groups is 1. The topological polar surface area (TPSA) is 91.3 Å². The van der Waals surface area contributed by atoms with Crippen LogP contribution < -0.4 is 10.1 Å². The lowest BCUT2D eigenvalue weighted by molar-refractivity contribution is -0.142. The fraction of sp³-hybridized carbons (Fsp3) is 0.758. The number of alkyl halides is 3. The van der Waals surface area contributed by atoms with E-state index in [0.29, 0.717) is 24.8 Å². The molecule has 11 heteroatoms. The summed E-state index contributed by atoms with van der Waals surface area (Å²) in [5.74, 6) is -0.222. The van der Waals surface area contributed by atoms with Gasteiger partial charge in [-0.25, -0.2) is 0 Å². The molecule has 1 heterocycles. The highest BCUT2D eigenvalue weighted by atomic mass is 19.4. The molecule has 3 rings (SSSR count). The molecule has 0 bridgehead atoms. The number of anilines is 1. The number of carbonyl (C=O) groups is 2. The van der Waals surface area contributed by atoms with Gasteiger partial charge in [-0.2, -0.15) is 13.2 Å². The number of fused-ring (bicyclic) bond motifs is 1. The van der Waals surface area contributed by atoms with Gasteiger partial charge >= 0.3 is 6.18 Å². The molecule has 44 heavy (non-hydrogen) atoms. The lowest BCUT2D eigenvalue weighted by Gasteiger charge is -2.36. The molecule has 0 radical (unpaired) electrons. The minimum absolute atomic E-state index is 0.0572. The van der Waals surface area contributed by atoms with Crippen molar-refractivity contribution >= 4 is 17.5 Å². The van der Waals surface area contributed by atoms with E-state index in [0.717, 1.165) is 32.4 Å². The van der Waals surface area contributed by atoms with Gasteiger partial charge in [0.2, 0.25) is 5.91 Å². The molecular weight excluding hydrogens is 575 g/mol. The molecule has 1 fully saturated rings. The molecule has 2 amide bonds. The first-order chi connectivity index (χ1) is 20.9. The van der Waals surface area contributed by atoms with Crippen molar-refractivity contribution in [1.82, 2.24) is 9.80 Å². The SMILES string of the molecule is C[C@@H]1CCCCO[C@@H](CN(C)CC2CCCCC2)[C@H](C)CN([C@H](C)CO)C(=O)c2cc(NC(=O)CCC(F)(F)F)ccc2O1. The van der Waals surface area contributed by atoms with Crippen molar-refractivity contribution in [3.05, 3.63) is 23.8 Å². The third-order valence-electron chi connectivity index (χ3n) is 8.76. The minimum Gasteiger partial charge on any atom is -0.490 e. The van der Waals surface area contributed by atoms with Gasteiger partial charge in [-0.05, 0) is 77.1 Å². The highest BCUT2D eigenvalue weighted by Crippen LogP contribution is 2.30. The largest absolute Gasteiger partial charge is 0.490 e. The van der Waals surface area contributed by atoms with Crippen molar-refractivity contribution in [3.8, 4) is 5.75 Å². The van der Waals surface area contributed by atoms with Gasteiger partial charge in [0, 0.05) is 44.3 Å². The lowest BCUT2D eigenvalue weighted by Crippen LogP contribution is -2.47. The van der Waals surface area contributed by atoms with Gasteiger partial charge < -0.3 is 29.7 Å². The van der Waals surface area contributed by atoms with E-state index in [4.69, 9.17) is 9.47 Å². The zero-order valence-electron chi connectivity index (χ0n) is 26.8. The van der Waals surface area contributed by atoms with E-state index in [2.05, 4.69) is 24.2 Å². The van der Waals surface area contributed by atoms with Crippen molar-refractivity contribution < 1.29 is 37.3 Å². The number of likely N-dealkylation sites (N-methyl/N-ethyl adjacent to an activating group) is 1. The van der Waals surface area contributed by atoms with E-state index in [1.54, 1.807) is 17.9 Å². The van der Waals surface area contributed by atoms with Crippen molar-refractivity contribution in [1.29, 1.82) is 0 Å². The van der Waals surface area contributed by atoms with Gasteiger partial charge in [0.15, 0.2) is 0 Å². The van der Waals surface area contributed by atoms with Crippen LogP contribution in [0.25, 0.3) is 0 Å². The number of ether oxygens (including phenoxy) is 2. The molecule has 1 aromatic rings. The average Bonchev–Trinajstić information content (AvgIpc) is 2.97. The summed E-state index contributed by atoms with van der Waals surface area (Å²) in [6.07, 6.45) is 2.15. The number of rotatable bonds is 9. The number of hydrogen-bond acceptors (Lipinski definition) is 6. The van der Waals surface area contributed by atoms with Crippen LogP contribution in [0.4, 0.5) is 18.9 Å². The van der Waals surface area contributed by atoms with E-state index in [1.807, 2.05) is 6.92 Å². The van der Waals surface area contributed by atoms with Gasteiger partial charge in [-0.1, -0.05) is 26.2 Å². The zero-order chi connectivity index (χ0) is 32.3. The van der Waals surface area contributed by atoms with Crippen LogP contribution in [0, 0.1) is 11.8 Å². The Hall–Kier alpha value is -2.37. The molecule has 1 aliphatic carbocycles. The number of aliphatic hydroxyl groups excluding tert-OH is 1. The molecule has 0 spiro atoms. The first-order valence-electron chi connectivity index (χ1n) is 16.3. The van der Waals surface area contributed by atoms with Crippen LogP contribution in [0.3, 0.4) is 0 Å². The molecule has 0 aromatic heterocycles. The standard InChI is InChI=1S/C33H52F3N3O5/c1-23-19-39(24(2)22-40)32(42)28-18-27(37-31(41)15-16-33(34,35)36)13-14-29(28)44-25(3)10-8-9-17-43-30(23)21-38(4)20-26-11-6-5-7-12-26/h13-14,18,23-26,30,40H,5-12,15-17,19-22H2,1-4H3,(H,37,41)/t23-,24-,25-,30+/m1/s1. The molecule has 4 atom stereocenters. The molecule has 2 N–H and O–H groups in total. The smallest absolute Gasteiger partial charge is 0.389 e. The number of hydrogen-bond donors (Lipinski definition) is 2. The fourth-order valence-corrected chi connectivity index (χ4v) is 6.13. The van der Waals surface area contributed by atoms with Crippen molar-refractivity contribution in [2.45, 2.75) is 109 Å². The maximum Gasteiger partial charge on any atom is 0.389 e. The zero-order valence-corrected chi connectivity index (χ0v) is 26.8. The fourth-order valence-electron chi connectivity index (χ4n) is 6.13. The first kappa shape index (κ1) is 36.1. The first-order valence-corrected chi connectivity index (χ1v) is 16.3. The summed E-state index contributed by atoms with van der Waals surface area (Å²) in [7, 11) is 2.13. The molecular formula is C33H52F3N3O5. The summed E-state index contributed by atoms with van der Waals surface area (Å²) in [6, 6.07) is 4.04. The summed E-state index contributed by atoms with van der Waals surface area (Å²) >= 11 is 0. The summed E-state index contributed by atoms with van der Waals surface area (Å²) in [5.41, 5.74) is 0.388. The van der Waals surface area contributed by atoms with Gasteiger partial charge in [-0.15, -0.1) is 0 Å². The predicted octanol–water partition coefficient (Wildman–Crippen LogP) is 6.28. The third-order valence-corrected chi connectivity index (χ3v) is 8.76. The van der Waals surface area contributed by atoms with E-state index >= 15 is 0 Å². The predicted molar refractivity (Wildman–Crippen MR) is 165 cm³/mol. The van der Waals surface area contributed by atoms with E-state index in [1.165, 1.54) is 44.2 Å². The Balaban J connectivity index is 1.86. The molecule has 1 saturated carbocycles. The average molecular weight is 628 g/mol. The van der Waals surface area contributed by atoms with Crippen LogP contribution in [0.5, 0.6) is 5.75 Å². The van der Waals surface area contributed by atoms with E-state index in [9.17, 15) is 27.9 Å². The second kappa shape index (κ2) is 17.4. The van der Waals surface area contributed by atoms with E-state index in [-0.39, 0.29) is 36.0 Å². The van der Waals surface area contributed by atoms with Crippen LogP contribution in [-0.4, -0.2) is 91.0 Å². The molecule has 0 unspecified atom stereocenters. The monoisotopic (exact) mass is 627 g/mol. The lowest BCUT2D eigenvalue weighted by atomic mass is 9.89. The van der Waals surface area contributed by atoms with E-state index < -0.39 is 36.9 Å². The minimum atomic E-state index is -4.45. The van der Waals surface area contributed by atoms with Gasteiger partial charge in [0.25, 0.3) is 5.91 Å². The van der Waals surface area contributed by atoms with Crippen LogP contribution in [0.2, 0.25) is 0 Å². The number of halogens is 3. The molecule has 250 valence electrons.